The lowest BCUT2D eigenvalue weighted by Crippen LogP contribution is -1.87. The summed E-state index contributed by atoms with van der Waals surface area (Å²) in [4.78, 5) is 0. The molecule has 0 N–H and O–H groups in total. The van der Waals surface area contributed by atoms with Crippen molar-refractivity contribution in [2.45, 2.75) is 51.9 Å². The van der Waals surface area contributed by atoms with E-state index >= 15 is 0 Å². The number of rotatable bonds is 7. The molecule has 0 aliphatic heterocycles. The van der Waals surface area contributed by atoms with Crippen LogP contribution in [0.5, 0.6) is 0 Å². The molecule has 0 bridgehead atoms. The SMILES string of the molecule is CCCCCC/C=C/C(C)c1ccccc1. The van der Waals surface area contributed by atoms with E-state index in [0.29, 0.717) is 5.92 Å². The Morgan fingerprint density at radius 3 is 2.50 bits per heavy atom. The lowest BCUT2D eigenvalue weighted by atomic mass is 10.0. The fourth-order valence-electron chi connectivity index (χ4n) is 1.86. The topological polar surface area (TPSA) is 0 Å². The summed E-state index contributed by atoms with van der Waals surface area (Å²) in [6.45, 7) is 4.52. The van der Waals surface area contributed by atoms with Crippen molar-refractivity contribution in [3.05, 3.63) is 48.0 Å². The van der Waals surface area contributed by atoms with Crippen molar-refractivity contribution in [3.8, 4) is 0 Å². The lowest BCUT2D eigenvalue weighted by molar-refractivity contribution is 0.673. The first-order chi connectivity index (χ1) is 7.84. The zero-order chi connectivity index (χ0) is 11.6. The molecule has 1 aromatic rings. The summed E-state index contributed by atoms with van der Waals surface area (Å²) in [5.74, 6) is 0.548. The van der Waals surface area contributed by atoms with Gasteiger partial charge in [0.2, 0.25) is 0 Å². The smallest absolute Gasteiger partial charge is 0.00104 e. The van der Waals surface area contributed by atoms with E-state index < -0.39 is 0 Å². The molecule has 0 radical (unpaired) electrons. The summed E-state index contributed by atoms with van der Waals surface area (Å²) in [5, 5.41) is 0. The molecule has 0 nitrogen and oxygen atoms in total. The van der Waals surface area contributed by atoms with Gasteiger partial charge in [-0.1, -0.05) is 75.6 Å². The molecule has 0 saturated carbocycles. The van der Waals surface area contributed by atoms with E-state index in [1.165, 1.54) is 37.7 Å². The Kier molecular flexibility index (Phi) is 6.64. The molecule has 0 amide bonds. The molecule has 0 spiro atoms. The first-order valence-electron chi connectivity index (χ1n) is 6.56. The molecule has 1 atom stereocenters. The Balaban J connectivity index is 2.24. The maximum atomic E-state index is 2.34. The largest absolute Gasteiger partial charge is 0.0879 e. The first-order valence-corrected chi connectivity index (χ1v) is 6.56. The van der Waals surface area contributed by atoms with Crippen molar-refractivity contribution in [1.82, 2.24) is 0 Å². The normalized spacial score (nSPS) is 13.1. The Bertz CT molecular complexity index is 284. The summed E-state index contributed by atoms with van der Waals surface area (Å²) in [6, 6.07) is 10.7. The monoisotopic (exact) mass is 216 g/mol. The molecule has 1 rings (SSSR count). The maximum absolute atomic E-state index is 2.34. The summed E-state index contributed by atoms with van der Waals surface area (Å²) in [7, 11) is 0. The van der Waals surface area contributed by atoms with Crippen LogP contribution in [0, 0.1) is 0 Å². The van der Waals surface area contributed by atoms with Crippen LogP contribution in [0.3, 0.4) is 0 Å². The molecule has 0 aliphatic rings. The molecule has 0 aromatic heterocycles. The van der Waals surface area contributed by atoms with Gasteiger partial charge in [-0.05, 0) is 24.3 Å². The number of benzene rings is 1. The molecule has 0 heterocycles. The number of hydrogen-bond acceptors (Lipinski definition) is 0. The van der Waals surface area contributed by atoms with Gasteiger partial charge in [-0.3, -0.25) is 0 Å². The lowest BCUT2D eigenvalue weighted by Gasteiger charge is -2.05. The van der Waals surface area contributed by atoms with E-state index in [1.54, 1.807) is 0 Å². The second kappa shape index (κ2) is 8.15. The fourth-order valence-corrected chi connectivity index (χ4v) is 1.86. The second-order valence-electron chi connectivity index (χ2n) is 4.48. The average Bonchev–Trinajstić information content (AvgIpc) is 2.34. The van der Waals surface area contributed by atoms with Crippen molar-refractivity contribution >= 4 is 0 Å². The molecule has 1 aromatic carbocycles. The van der Waals surface area contributed by atoms with Crippen LogP contribution >= 0.6 is 0 Å². The zero-order valence-corrected chi connectivity index (χ0v) is 10.7. The minimum Gasteiger partial charge on any atom is -0.0879 e. The highest BCUT2D eigenvalue weighted by atomic mass is 14.0. The Morgan fingerprint density at radius 1 is 1.06 bits per heavy atom. The second-order valence-corrected chi connectivity index (χ2v) is 4.48. The van der Waals surface area contributed by atoms with E-state index in [1.807, 2.05) is 0 Å². The van der Waals surface area contributed by atoms with Crippen LogP contribution in [0.4, 0.5) is 0 Å². The van der Waals surface area contributed by atoms with Gasteiger partial charge in [0.1, 0.15) is 0 Å². The Labute approximate surface area is 100 Å². The third-order valence-corrected chi connectivity index (χ3v) is 2.97. The molecule has 1 unspecified atom stereocenters. The molecule has 88 valence electrons. The van der Waals surface area contributed by atoms with Gasteiger partial charge in [0.25, 0.3) is 0 Å². The van der Waals surface area contributed by atoms with Gasteiger partial charge in [-0.25, -0.2) is 0 Å². The van der Waals surface area contributed by atoms with Crippen LogP contribution in [0.25, 0.3) is 0 Å². The van der Waals surface area contributed by atoms with Gasteiger partial charge in [-0.2, -0.15) is 0 Å². The third-order valence-electron chi connectivity index (χ3n) is 2.97. The predicted molar refractivity (Wildman–Crippen MR) is 72.8 cm³/mol. The van der Waals surface area contributed by atoms with Crippen LogP contribution < -0.4 is 0 Å². The van der Waals surface area contributed by atoms with Gasteiger partial charge in [0, 0.05) is 0 Å². The average molecular weight is 216 g/mol. The van der Waals surface area contributed by atoms with Crippen molar-refractivity contribution in [3.63, 3.8) is 0 Å². The Hall–Kier alpha value is -1.04. The van der Waals surface area contributed by atoms with Crippen LogP contribution in [-0.4, -0.2) is 0 Å². The van der Waals surface area contributed by atoms with E-state index in [0.717, 1.165) is 0 Å². The fraction of sp³-hybridized carbons (Fsp3) is 0.500. The van der Waals surface area contributed by atoms with Crippen molar-refractivity contribution in [2.24, 2.45) is 0 Å². The van der Waals surface area contributed by atoms with E-state index in [4.69, 9.17) is 0 Å². The predicted octanol–water partition coefficient (Wildman–Crippen LogP) is 5.32. The van der Waals surface area contributed by atoms with Gasteiger partial charge in [0.05, 0.1) is 0 Å². The Morgan fingerprint density at radius 2 is 1.81 bits per heavy atom. The summed E-state index contributed by atoms with van der Waals surface area (Å²) in [6.07, 6.45) is 11.3. The minimum absolute atomic E-state index is 0.548. The molecular weight excluding hydrogens is 192 g/mol. The zero-order valence-electron chi connectivity index (χ0n) is 10.7. The van der Waals surface area contributed by atoms with Crippen molar-refractivity contribution < 1.29 is 0 Å². The quantitative estimate of drug-likeness (QED) is 0.427. The van der Waals surface area contributed by atoms with Crippen LogP contribution in [-0.2, 0) is 0 Å². The minimum atomic E-state index is 0.548. The molecule has 16 heavy (non-hydrogen) atoms. The first kappa shape index (κ1) is 13.0. The highest BCUT2D eigenvalue weighted by Crippen LogP contribution is 2.16. The number of allylic oxidation sites excluding steroid dienone is 2. The molecule has 0 heteroatoms. The number of unbranched alkanes of at least 4 members (excludes halogenated alkanes) is 4. The standard InChI is InChI=1S/C16H24/c1-3-4-5-6-7-9-12-15(2)16-13-10-8-11-14-16/h8-15H,3-7H2,1-2H3/b12-9+. The summed E-state index contributed by atoms with van der Waals surface area (Å²) < 4.78 is 0. The van der Waals surface area contributed by atoms with Crippen LogP contribution in [0.2, 0.25) is 0 Å². The van der Waals surface area contributed by atoms with Gasteiger partial charge >= 0.3 is 0 Å². The third kappa shape index (κ3) is 5.16. The van der Waals surface area contributed by atoms with Gasteiger partial charge in [0.15, 0.2) is 0 Å². The molecular formula is C16H24. The van der Waals surface area contributed by atoms with Crippen molar-refractivity contribution in [2.75, 3.05) is 0 Å². The highest BCUT2D eigenvalue weighted by molar-refractivity contribution is 5.22. The summed E-state index contributed by atoms with van der Waals surface area (Å²) in [5.41, 5.74) is 1.41. The highest BCUT2D eigenvalue weighted by Gasteiger charge is 1.98. The van der Waals surface area contributed by atoms with E-state index in [-0.39, 0.29) is 0 Å². The molecule has 0 saturated heterocycles. The van der Waals surface area contributed by atoms with Crippen LogP contribution in [0.15, 0.2) is 42.5 Å². The van der Waals surface area contributed by atoms with Crippen LogP contribution in [0.1, 0.15) is 57.4 Å². The van der Waals surface area contributed by atoms with Gasteiger partial charge < -0.3 is 0 Å². The summed E-state index contributed by atoms with van der Waals surface area (Å²) >= 11 is 0. The number of hydrogen-bond donors (Lipinski definition) is 0. The van der Waals surface area contributed by atoms with Crippen molar-refractivity contribution in [1.29, 1.82) is 0 Å². The molecule has 0 aliphatic carbocycles. The maximum Gasteiger partial charge on any atom is -0.00104 e. The molecule has 0 fully saturated rings. The van der Waals surface area contributed by atoms with Gasteiger partial charge in [-0.15, -0.1) is 0 Å². The van der Waals surface area contributed by atoms with E-state index in [2.05, 4.69) is 56.3 Å². The van der Waals surface area contributed by atoms with E-state index in [9.17, 15) is 0 Å².